The number of azo groups is 2. The Morgan fingerprint density at radius 3 is 1.39 bits per heavy atom. The number of amides is 2. The smallest absolute Gasteiger partial charge is 0.323 e. The van der Waals surface area contributed by atoms with E-state index in [-0.39, 0.29) is 24.6 Å². The molecule has 54 heavy (non-hydrogen) atoms. The number of rotatable bonds is 15. The highest BCUT2D eigenvalue weighted by molar-refractivity contribution is 6.11. The van der Waals surface area contributed by atoms with Crippen LogP contribution in [0.2, 0.25) is 0 Å². The minimum Gasteiger partial charge on any atom is -0.490 e. The molecule has 2 heterocycles. The van der Waals surface area contributed by atoms with Gasteiger partial charge >= 0.3 is 11.4 Å². The fourth-order valence-corrected chi connectivity index (χ4v) is 5.12. The highest BCUT2D eigenvalue weighted by Gasteiger charge is 2.24. The third-order valence-electron chi connectivity index (χ3n) is 7.67. The number of benzene rings is 4. The lowest BCUT2D eigenvalue weighted by Gasteiger charge is -2.10. The number of hydrogen-bond acceptors (Lipinski definition) is 12. The quantitative estimate of drug-likeness (QED) is 0.0482. The molecule has 0 aliphatic heterocycles. The van der Waals surface area contributed by atoms with E-state index in [1.54, 1.807) is 84.9 Å². The summed E-state index contributed by atoms with van der Waals surface area (Å²) in [6, 6.07) is 19.8. The molecule has 0 spiro atoms. The van der Waals surface area contributed by atoms with Crippen LogP contribution in [-0.2, 0) is 19.2 Å². The Morgan fingerprint density at radius 1 is 0.574 bits per heavy atom. The minimum atomic E-state index is -1.41. The lowest BCUT2D eigenvalue weighted by molar-refractivity contribution is -0.127. The van der Waals surface area contributed by atoms with Crippen LogP contribution in [0.5, 0.6) is 11.5 Å². The highest BCUT2D eigenvalue weighted by atomic mass is 16.5. The van der Waals surface area contributed by atoms with E-state index in [0.29, 0.717) is 56.3 Å². The van der Waals surface area contributed by atoms with Gasteiger partial charge in [0.05, 0.1) is 33.4 Å². The molecule has 2 aromatic heterocycles. The summed E-state index contributed by atoms with van der Waals surface area (Å²) in [5, 5.41) is 21.3. The predicted molar refractivity (Wildman–Crippen MR) is 197 cm³/mol. The van der Waals surface area contributed by atoms with Crippen LogP contribution in [0.4, 0.5) is 22.7 Å². The Labute approximate surface area is 304 Å². The predicted octanol–water partition coefficient (Wildman–Crippen LogP) is 4.84. The van der Waals surface area contributed by atoms with Gasteiger partial charge in [0.15, 0.2) is 11.6 Å². The standard InChI is InChI=1S/C36H32N10O8/c1-19(47)31(33(49)37-21-9-11-27-29(17-21)41-35(51)39-27)45-43-23-5-3-7-25(15-23)53-13-14-54-26-8-4-6-24(16-26)44-46-32(20(2)48)34(50)38-22-10-12-28-30(18-22)42-36(52)40-28/h3-12,15-18,31-32H,13-14H2,1-2H3,(H,37,49)(H,38,50)(H2,39,41,51)(H2,40,42,52)/b45-43+,46-44+. The normalized spacial score (nSPS) is 12.6. The molecule has 18 nitrogen and oxygen atoms in total. The number of ketones is 2. The van der Waals surface area contributed by atoms with Crippen LogP contribution in [0.3, 0.4) is 0 Å². The van der Waals surface area contributed by atoms with Crippen LogP contribution in [-0.4, -0.2) is 68.6 Å². The van der Waals surface area contributed by atoms with Gasteiger partial charge in [0.1, 0.15) is 24.7 Å². The number of fused-ring (bicyclic) bond motifs is 2. The molecule has 6 N–H and O–H groups in total. The Morgan fingerprint density at radius 2 is 0.981 bits per heavy atom. The molecule has 0 saturated heterocycles. The SMILES string of the molecule is CC(=O)C(/N=N/c1cccc(OCCOc2cccc(/N=N/C(C(C)=O)C(=O)Nc3ccc4[nH]c(=O)[nH]c4c3)c2)c1)C(=O)Nc1ccc2[nH]c(=O)[nH]c2c1. The Balaban J connectivity index is 0.999. The summed E-state index contributed by atoms with van der Waals surface area (Å²) in [5.41, 5.74) is 2.75. The van der Waals surface area contributed by atoms with Gasteiger partial charge < -0.3 is 40.0 Å². The number of anilines is 2. The number of imidazole rings is 2. The number of carbonyl (C=O) groups is 4. The number of hydrogen-bond donors (Lipinski definition) is 6. The van der Waals surface area contributed by atoms with Crippen molar-refractivity contribution < 1.29 is 28.7 Å². The molecule has 6 aromatic rings. The first-order chi connectivity index (χ1) is 26.0. The van der Waals surface area contributed by atoms with Crippen molar-refractivity contribution >= 4 is 68.2 Å². The monoisotopic (exact) mass is 732 g/mol. The number of carbonyl (C=O) groups excluding carboxylic acids is 4. The summed E-state index contributed by atoms with van der Waals surface area (Å²) >= 11 is 0. The zero-order chi connectivity index (χ0) is 38.2. The summed E-state index contributed by atoms with van der Waals surface area (Å²) in [4.78, 5) is 83.7. The van der Waals surface area contributed by atoms with E-state index in [0.717, 1.165) is 0 Å². The van der Waals surface area contributed by atoms with E-state index >= 15 is 0 Å². The molecular weight excluding hydrogens is 700 g/mol. The topological polar surface area (TPSA) is 258 Å². The van der Waals surface area contributed by atoms with Crippen molar-refractivity contribution in [3.8, 4) is 11.5 Å². The second-order valence-electron chi connectivity index (χ2n) is 11.8. The number of H-pyrrole nitrogens is 4. The molecule has 2 atom stereocenters. The number of aromatic amines is 4. The molecule has 0 aliphatic rings. The molecule has 0 radical (unpaired) electrons. The lowest BCUT2D eigenvalue weighted by Crippen LogP contribution is -2.31. The number of ether oxygens (including phenoxy) is 2. The third-order valence-corrected chi connectivity index (χ3v) is 7.67. The van der Waals surface area contributed by atoms with Crippen molar-refractivity contribution in [3.63, 3.8) is 0 Å². The van der Waals surface area contributed by atoms with Crippen LogP contribution < -0.4 is 31.5 Å². The maximum absolute atomic E-state index is 12.9. The molecule has 0 fully saturated rings. The zero-order valence-electron chi connectivity index (χ0n) is 28.7. The third kappa shape index (κ3) is 9.23. The van der Waals surface area contributed by atoms with E-state index in [1.807, 2.05) is 0 Å². The van der Waals surface area contributed by atoms with Crippen molar-refractivity contribution in [2.24, 2.45) is 20.5 Å². The van der Waals surface area contributed by atoms with Gasteiger partial charge in [-0.05, 0) is 74.5 Å². The Bertz CT molecular complexity index is 2370. The number of Topliss-reactive ketones (excluding diaryl/α,β-unsaturated/α-hetero) is 2. The Hall–Kier alpha value is -7.50. The van der Waals surface area contributed by atoms with Crippen molar-refractivity contribution in [1.82, 2.24) is 19.9 Å². The first kappa shape index (κ1) is 36.3. The van der Waals surface area contributed by atoms with Crippen LogP contribution in [0.25, 0.3) is 22.1 Å². The Kier molecular flexibility index (Phi) is 10.9. The number of nitrogens with zero attached hydrogens (tertiary/aromatic N) is 4. The van der Waals surface area contributed by atoms with Crippen LogP contribution in [0, 0.1) is 0 Å². The van der Waals surface area contributed by atoms with Gasteiger partial charge in [-0.15, -0.1) is 0 Å². The maximum Gasteiger partial charge on any atom is 0.323 e. The summed E-state index contributed by atoms with van der Waals surface area (Å²) in [6.07, 6.45) is 0. The van der Waals surface area contributed by atoms with E-state index in [1.165, 1.54) is 13.8 Å². The molecule has 2 unspecified atom stereocenters. The first-order valence-electron chi connectivity index (χ1n) is 16.3. The molecule has 0 bridgehead atoms. The molecule has 6 rings (SSSR count). The van der Waals surface area contributed by atoms with Crippen LogP contribution in [0.15, 0.2) is 115 Å². The second kappa shape index (κ2) is 16.2. The molecule has 274 valence electrons. The average Bonchev–Trinajstić information content (AvgIpc) is 3.70. The summed E-state index contributed by atoms with van der Waals surface area (Å²) in [7, 11) is 0. The van der Waals surface area contributed by atoms with E-state index in [4.69, 9.17) is 9.47 Å². The molecular formula is C36H32N10O8. The van der Waals surface area contributed by atoms with Gasteiger partial charge in [-0.2, -0.15) is 20.5 Å². The molecule has 0 saturated carbocycles. The van der Waals surface area contributed by atoms with Crippen molar-refractivity contribution in [2.75, 3.05) is 23.8 Å². The summed E-state index contributed by atoms with van der Waals surface area (Å²) in [6.45, 7) is 2.73. The van der Waals surface area contributed by atoms with E-state index in [9.17, 15) is 28.8 Å². The van der Waals surface area contributed by atoms with Gasteiger partial charge in [0.25, 0.3) is 11.8 Å². The average molecular weight is 733 g/mol. The van der Waals surface area contributed by atoms with Crippen LogP contribution in [0.1, 0.15) is 13.8 Å². The summed E-state index contributed by atoms with van der Waals surface area (Å²) < 4.78 is 11.6. The number of aromatic nitrogens is 4. The van der Waals surface area contributed by atoms with Gasteiger partial charge in [-0.25, -0.2) is 9.59 Å². The number of nitrogens with one attached hydrogen (secondary N) is 6. The van der Waals surface area contributed by atoms with Gasteiger partial charge in [0.2, 0.25) is 12.1 Å². The van der Waals surface area contributed by atoms with Crippen molar-refractivity contribution in [3.05, 3.63) is 106 Å². The minimum absolute atomic E-state index is 0.136. The van der Waals surface area contributed by atoms with Crippen LogP contribution >= 0.6 is 0 Å². The maximum atomic E-state index is 12.9. The first-order valence-corrected chi connectivity index (χ1v) is 16.3. The van der Waals surface area contributed by atoms with Gasteiger partial charge in [-0.3, -0.25) is 19.2 Å². The second-order valence-corrected chi connectivity index (χ2v) is 11.8. The molecule has 0 aliphatic carbocycles. The molecule has 4 aromatic carbocycles. The molecule has 2 amide bonds. The summed E-state index contributed by atoms with van der Waals surface area (Å²) in [5.74, 6) is -1.55. The lowest BCUT2D eigenvalue weighted by atomic mass is 10.2. The highest BCUT2D eigenvalue weighted by Crippen LogP contribution is 2.24. The van der Waals surface area contributed by atoms with Gasteiger partial charge in [0, 0.05) is 23.5 Å². The molecule has 18 heteroatoms. The van der Waals surface area contributed by atoms with Crippen molar-refractivity contribution in [1.29, 1.82) is 0 Å². The van der Waals surface area contributed by atoms with E-state index in [2.05, 4.69) is 51.0 Å². The zero-order valence-corrected chi connectivity index (χ0v) is 28.7. The largest absolute Gasteiger partial charge is 0.490 e. The van der Waals surface area contributed by atoms with E-state index < -0.39 is 35.5 Å². The fourth-order valence-electron chi connectivity index (χ4n) is 5.12. The fraction of sp³-hybridized carbons (Fsp3) is 0.167. The van der Waals surface area contributed by atoms with Crippen molar-refractivity contribution in [2.45, 2.75) is 25.9 Å². The van der Waals surface area contributed by atoms with Gasteiger partial charge in [-0.1, -0.05) is 12.1 Å².